The van der Waals surface area contributed by atoms with E-state index in [0.717, 1.165) is 24.8 Å². The Balaban J connectivity index is 0.000000200. The highest BCUT2D eigenvalue weighted by Gasteiger charge is 2.18. The molecule has 0 unspecified atom stereocenters. The minimum absolute atomic E-state index is 0.199. The summed E-state index contributed by atoms with van der Waals surface area (Å²) in [4.78, 5) is 10.8. The Morgan fingerprint density at radius 2 is 1.60 bits per heavy atom. The summed E-state index contributed by atoms with van der Waals surface area (Å²) in [6.07, 6.45) is 9.07. The molecule has 106 valence electrons. The normalized spacial score (nSPS) is 11.9. The van der Waals surface area contributed by atoms with Crippen molar-refractivity contribution < 1.29 is 9.53 Å². The van der Waals surface area contributed by atoms with Gasteiger partial charge in [0.25, 0.3) is 0 Å². The third-order valence-electron chi connectivity index (χ3n) is 3.10. The quantitative estimate of drug-likeness (QED) is 0.554. The second-order valence-electron chi connectivity index (χ2n) is 4.67. The summed E-state index contributed by atoms with van der Waals surface area (Å²) in [7, 11) is 0. The lowest BCUT2D eigenvalue weighted by atomic mass is 9.98. The average Bonchev–Trinajstić information content (AvgIpc) is 2.83. The fraction of sp³-hybridized carbons (Fsp3) is 0.278. The van der Waals surface area contributed by atoms with Crippen molar-refractivity contribution in [3.8, 4) is 0 Å². The first-order chi connectivity index (χ1) is 9.72. The van der Waals surface area contributed by atoms with Gasteiger partial charge in [0.05, 0.1) is 5.56 Å². The smallest absolute Gasteiger partial charge is 0.338 e. The summed E-state index contributed by atoms with van der Waals surface area (Å²) in [5.74, 6) is 0.475. The van der Waals surface area contributed by atoms with Crippen LogP contribution >= 0.6 is 0 Å². The zero-order chi connectivity index (χ0) is 14.8. The van der Waals surface area contributed by atoms with Crippen LogP contribution in [0.1, 0.15) is 35.2 Å². The zero-order valence-corrected chi connectivity index (χ0v) is 11.9. The lowest BCUT2D eigenvalue weighted by Crippen LogP contribution is -1.94. The summed E-state index contributed by atoms with van der Waals surface area (Å²) in [5, 5.41) is 0. The molecule has 0 spiro atoms. The highest BCUT2D eigenvalue weighted by molar-refractivity contribution is 5.93. The van der Waals surface area contributed by atoms with Gasteiger partial charge in [-0.2, -0.15) is 0 Å². The predicted octanol–water partition coefficient (Wildman–Crippen LogP) is 4.69. The number of rotatable bonds is 6. The van der Waals surface area contributed by atoms with E-state index in [1.807, 2.05) is 36.4 Å². The largest absolute Gasteiger partial charge is 0.457 e. The van der Waals surface area contributed by atoms with Crippen LogP contribution in [0.3, 0.4) is 0 Å². The second-order valence-corrected chi connectivity index (χ2v) is 4.67. The molecule has 1 heterocycles. The fourth-order valence-corrected chi connectivity index (χ4v) is 2.06. The summed E-state index contributed by atoms with van der Waals surface area (Å²) in [6, 6.07) is 7.43. The van der Waals surface area contributed by atoms with Gasteiger partial charge in [0, 0.05) is 5.56 Å². The number of carbonyl (C=O) groups excluding carboxylic acids is 1. The van der Waals surface area contributed by atoms with Crippen LogP contribution in [-0.4, -0.2) is 5.97 Å². The molecule has 2 nitrogen and oxygen atoms in total. The zero-order valence-electron chi connectivity index (χ0n) is 11.9. The average molecular weight is 270 g/mol. The van der Waals surface area contributed by atoms with E-state index in [9.17, 15) is 4.79 Å². The lowest BCUT2D eigenvalue weighted by Gasteiger charge is -2.08. The van der Waals surface area contributed by atoms with Crippen LogP contribution in [0, 0.1) is 5.92 Å². The summed E-state index contributed by atoms with van der Waals surface area (Å²) >= 11 is 0. The Kier molecular flexibility index (Phi) is 7.12. The van der Waals surface area contributed by atoms with E-state index in [1.165, 1.54) is 0 Å². The molecule has 20 heavy (non-hydrogen) atoms. The van der Waals surface area contributed by atoms with Crippen LogP contribution in [0.15, 0.2) is 62.2 Å². The molecule has 0 amide bonds. The minimum atomic E-state index is -0.199. The van der Waals surface area contributed by atoms with E-state index in [2.05, 4.69) is 19.7 Å². The second kappa shape index (κ2) is 8.92. The summed E-state index contributed by atoms with van der Waals surface area (Å²) in [6.45, 7) is 11.5. The van der Waals surface area contributed by atoms with Gasteiger partial charge in [0.15, 0.2) is 0 Å². The molecule has 2 heteroatoms. The van der Waals surface area contributed by atoms with Crippen LogP contribution in [0.4, 0.5) is 0 Å². The topological polar surface area (TPSA) is 26.3 Å². The number of cyclic esters (lactones) is 1. The summed E-state index contributed by atoms with van der Waals surface area (Å²) < 4.78 is 4.78. The van der Waals surface area contributed by atoms with Crippen molar-refractivity contribution in [1.82, 2.24) is 0 Å². The molecule has 0 atom stereocenters. The van der Waals surface area contributed by atoms with Crippen LogP contribution < -0.4 is 0 Å². The van der Waals surface area contributed by atoms with Gasteiger partial charge in [0.1, 0.15) is 6.61 Å². The highest BCUT2D eigenvalue weighted by atomic mass is 16.5. The number of benzene rings is 1. The molecule has 0 saturated heterocycles. The van der Waals surface area contributed by atoms with E-state index < -0.39 is 0 Å². The van der Waals surface area contributed by atoms with Crippen LogP contribution in [0.2, 0.25) is 0 Å². The number of allylic oxidation sites excluding steroid dienone is 3. The monoisotopic (exact) mass is 270 g/mol. The van der Waals surface area contributed by atoms with Crippen molar-refractivity contribution in [2.75, 3.05) is 0 Å². The third-order valence-corrected chi connectivity index (χ3v) is 3.10. The molecule has 1 aliphatic heterocycles. The molecule has 2 rings (SSSR count). The predicted molar refractivity (Wildman–Crippen MR) is 83.5 cm³/mol. The van der Waals surface area contributed by atoms with Gasteiger partial charge in [-0.25, -0.2) is 4.79 Å². The highest BCUT2D eigenvalue weighted by Crippen LogP contribution is 2.18. The van der Waals surface area contributed by atoms with Gasteiger partial charge in [-0.1, -0.05) is 36.4 Å². The molecule has 1 aromatic rings. The number of fused-ring (bicyclic) bond motifs is 1. The fourth-order valence-electron chi connectivity index (χ4n) is 2.06. The molecule has 0 radical (unpaired) electrons. The molecule has 0 bridgehead atoms. The molecular weight excluding hydrogens is 248 g/mol. The van der Waals surface area contributed by atoms with Crippen molar-refractivity contribution in [2.45, 2.75) is 25.9 Å². The van der Waals surface area contributed by atoms with E-state index in [1.54, 1.807) is 6.07 Å². The molecule has 1 aliphatic rings. The van der Waals surface area contributed by atoms with E-state index in [0.29, 0.717) is 18.1 Å². The molecular formula is C18H22O2. The maximum atomic E-state index is 10.8. The van der Waals surface area contributed by atoms with Gasteiger partial charge in [-0.3, -0.25) is 0 Å². The van der Waals surface area contributed by atoms with Gasteiger partial charge in [0.2, 0.25) is 0 Å². The number of hydrogen-bond acceptors (Lipinski definition) is 2. The molecule has 0 saturated carbocycles. The first-order valence-corrected chi connectivity index (χ1v) is 6.80. The van der Waals surface area contributed by atoms with Crippen molar-refractivity contribution in [3.63, 3.8) is 0 Å². The Labute approximate surface area is 121 Å². The Hall–Kier alpha value is -2.09. The van der Waals surface area contributed by atoms with Crippen LogP contribution in [0.25, 0.3) is 0 Å². The van der Waals surface area contributed by atoms with Gasteiger partial charge in [-0.05, 0) is 31.2 Å². The molecule has 0 fully saturated rings. The van der Waals surface area contributed by atoms with Crippen LogP contribution in [-0.2, 0) is 11.3 Å². The molecule has 1 aromatic carbocycles. The van der Waals surface area contributed by atoms with E-state index >= 15 is 0 Å². The van der Waals surface area contributed by atoms with Crippen LogP contribution in [0.5, 0.6) is 0 Å². The molecule has 0 N–H and O–H groups in total. The Bertz CT molecular complexity index is 450. The number of esters is 1. The lowest BCUT2D eigenvalue weighted by molar-refractivity contribution is 0.0535. The van der Waals surface area contributed by atoms with Crippen molar-refractivity contribution in [2.24, 2.45) is 5.92 Å². The van der Waals surface area contributed by atoms with Gasteiger partial charge < -0.3 is 4.74 Å². The third kappa shape index (κ3) is 4.88. The van der Waals surface area contributed by atoms with Crippen molar-refractivity contribution in [1.29, 1.82) is 0 Å². The number of carbonyl (C=O) groups is 1. The van der Waals surface area contributed by atoms with Crippen molar-refractivity contribution in [3.05, 3.63) is 73.4 Å². The standard InChI is InChI=1S/C10H16.C8H6O2/c1-4-7-10(8-5-2)9-6-3;9-8-7-4-2-1-3-6(7)5-10-8/h4-6,10H,1-3,7-9H2;1-4H,5H2. The first kappa shape index (κ1) is 16.0. The Morgan fingerprint density at radius 1 is 1.05 bits per heavy atom. The Morgan fingerprint density at radius 3 is 2.10 bits per heavy atom. The van der Waals surface area contributed by atoms with E-state index in [4.69, 9.17) is 4.74 Å². The first-order valence-electron chi connectivity index (χ1n) is 6.80. The maximum Gasteiger partial charge on any atom is 0.338 e. The molecule has 0 aliphatic carbocycles. The molecule has 0 aromatic heterocycles. The van der Waals surface area contributed by atoms with E-state index in [-0.39, 0.29) is 5.97 Å². The minimum Gasteiger partial charge on any atom is -0.457 e. The number of hydrogen-bond donors (Lipinski definition) is 0. The number of ether oxygens (including phenoxy) is 1. The maximum absolute atomic E-state index is 10.8. The SMILES string of the molecule is C=CCC(CC=C)CC=C.O=C1OCc2ccccc21. The summed E-state index contributed by atoms with van der Waals surface area (Å²) in [5.41, 5.74) is 1.70. The van der Waals surface area contributed by atoms with Crippen molar-refractivity contribution >= 4 is 5.97 Å². The van der Waals surface area contributed by atoms with Gasteiger partial charge in [-0.15, -0.1) is 19.7 Å². The van der Waals surface area contributed by atoms with Gasteiger partial charge >= 0.3 is 5.97 Å².